The Morgan fingerprint density at radius 1 is 1.39 bits per heavy atom. The Bertz CT molecular complexity index is 243. The van der Waals surface area contributed by atoms with E-state index in [2.05, 4.69) is 44.8 Å². The molecule has 108 valence electrons. The zero-order valence-corrected chi connectivity index (χ0v) is 13.1. The smallest absolute Gasteiger partial charge is 0.0641 e. The van der Waals surface area contributed by atoms with Gasteiger partial charge >= 0.3 is 0 Å². The summed E-state index contributed by atoms with van der Waals surface area (Å²) in [5.41, 5.74) is 0.128. The molecule has 0 aromatic carbocycles. The Kier molecular flexibility index (Phi) is 6.09. The van der Waals surface area contributed by atoms with Gasteiger partial charge in [-0.15, -0.1) is 0 Å². The molecule has 1 fully saturated rings. The van der Waals surface area contributed by atoms with E-state index in [1.807, 2.05) is 0 Å². The molecule has 0 aromatic rings. The molecule has 0 spiro atoms. The molecule has 0 radical (unpaired) electrons. The average molecular weight is 256 g/mol. The summed E-state index contributed by atoms with van der Waals surface area (Å²) in [7, 11) is 1.80. The Hall–Kier alpha value is -0.120. The zero-order chi connectivity index (χ0) is 13.8. The summed E-state index contributed by atoms with van der Waals surface area (Å²) in [6.45, 7) is 14.6. The molecule has 0 bridgehead atoms. The topological polar surface area (TPSA) is 24.5 Å². The lowest BCUT2D eigenvalue weighted by atomic mass is 9.90. The molecule has 18 heavy (non-hydrogen) atoms. The van der Waals surface area contributed by atoms with Crippen LogP contribution >= 0.6 is 0 Å². The van der Waals surface area contributed by atoms with Crippen LogP contribution in [0, 0.1) is 5.92 Å². The molecular formula is C15H32N2O. The number of ether oxygens (including phenoxy) is 1. The van der Waals surface area contributed by atoms with E-state index in [9.17, 15) is 0 Å². The maximum atomic E-state index is 5.41. The van der Waals surface area contributed by atoms with Crippen LogP contribution in [-0.4, -0.2) is 49.3 Å². The van der Waals surface area contributed by atoms with E-state index in [0.717, 1.165) is 25.6 Å². The molecule has 3 nitrogen and oxygen atoms in total. The van der Waals surface area contributed by atoms with Gasteiger partial charge < -0.3 is 10.1 Å². The third kappa shape index (κ3) is 3.69. The number of hydrogen-bond acceptors (Lipinski definition) is 3. The SMILES string of the molecule is CCC(C)C1CN(C(C)(C)COC)C(CC)CN1. The first-order chi connectivity index (χ1) is 8.46. The highest BCUT2D eigenvalue weighted by molar-refractivity contribution is 4.95. The van der Waals surface area contributed by atoms with Gasteiger partial charge in [0.2, 0.25) is 0 Å². The van der Waals surface area contributed by atoms with Gasteiger partial charge in [-0.05, 0) is 26.2 Å². The largest absolute Gasteiger partial charge is 0.383 e. The number of hydrogen-bond donors (Lipinski definition) is 1. The lowest BCUT2D eigenvalue weighted by Crippen LogP contribution is -2.64. The van der Waals surface area contributed by atoms with Gasteiger partial charge in [0.15, 0.2) is 0 Å². The minimum atomic E-state index is 0.128. The average Bonchev–Trinajstić information content (AvgIpc) is 2.37. The maximum Gasteiger partial charge on any atom is 0.0641 e. The third-order valence-electron chi connectivity index (χ3n) is 4.53. The lowest BCUT2D eigenvalue weighted by molar-refractivity contribution is -0.0238. The predicted molar refractivity (Wildman–Crippen MR) is 78.0 cm³/mol. The summed E-state index contributed by atoms with van der Waals surface area (Å²) in [6.07, 6.45) is 2.44. The van der Waals surface area contributed by atoms with Crippen molar-refractivity contribution in [1.82, 2.24) is 10.2 Å². The molecule has 0 aromatic heterocycles. The van der Waals surface area contributed by atoms with Crippen LogP contribution < -0.4 is 5.32 Å². The van der Waals surface area contributed by atoms with Crippen molar-refractivity contribution in [1.29, 1.82) is 0 Å². The summed E-state index contributed by atoms with van der Waals surface area (Å²) < 4.78 is 5.41. The van der Waals surface area contributed by atoms with Gasteiger partial charge in [0.05, 0.1) is 6.61 Å². The normalized spacial score (nSPS) is 28.3. The second-order valence-electron chi connectivity index (χ2n) is 6.36. The molecule has 1 aliphatic heterocycles. The van der Waals surface area contributed by atoms with Crippen molar-refractivity contribution in [2.45, 2.75) is 65.1 Å². The standard InChI is InChI=1S/C15H32N2O/c1-7-12(3)14-10-17(13(8-2)9-16-14)15(4,5)11-18-6/h12-14,16H,7-11H2,1-6H3. The van der Waals surface area contributed by atoms with E-state index >= 15 is 0 Å². The molecule has 0 aliphatic carbocycles. The van der Waals surface area contributed by atoms with Gasteiger partial charge in [-0.2, -0.15) is 0 Å². The summed E-state index contributed by atoms with van der Waals surface area (Å²) in [5, 5.41) is 3.73. The van der Waals surface area contributed by atoms with E-state index < -0.39 is 0 Å². The first-order valence-electron chi connectivity index (χ1n) is 7.45. The van der Waals surface area contributed by atoms with Crippen LogP contribution in [0.3, 0.4) is 0 Å². The molecule has 0 amide bonds. The van der Waals surface area contributed by atoms with Gasteiger partial charge in [0, 0.05) is 37.8 Å². The van der Waals surface area contributed by atoms with Crippen molar-refractivity contribution in [3.05, 3.63) is 0 Å². The summed E-state index contributed by atoms with van der Waals surface area (Å²) in [4.78, 5) is 2.66. The molecular weight excluding hydrogens is 224 g/mol. The number of rotatable bonds is 6. The molecule has 3 heteroatoms. The van der Waals surface area contributed by atoms with Crippen molar-refractivity contribution in [2.75, 3.05) is 26.8 Å². The second kappa shape index (κ2) is 6.88. The van der Waals surface area contributed by atoms with Crippen molar-refractivity contribution >= 4 is 0 Å². The summed E-state index contributed by atoms with van der Waals surface area (Å²) in [5.74, 6) is 0.739. The van der Waals surface area contributed by atoms with E-state index in [-0.39, 0.29) is 5.54 Å². The van der Waals surface area contributed by atoms with Crippen LogP contribution in [0.1, 0.15) is 47.5 Å². The van der Waals surface area contributed by atoms with Gasteiger partial charge in [-0.3, -0.25) is 4.90 Å². The number of methoxy groups -OCH3 is 1. The van der Waals surface area contributed by atoms with E-state index in [4.69, 9.17) is 4.74 Å². The Morgan fingerprint density at radius 3 is 2.56 bits per heavy atom. The molecule has 3 atom stereocenters. The zero-order valence-electron chi connectivity index (χ0n) is 13.1. The quantitative estimate of drug-likeness (QED) is 0.790. The fourth-order valence-electron chi connectivity index (χ4n) is 3.03. The van der Waals surface area contributed by atoms with Crippen LogP contribution in [0.2, 0.25) is 0 Å². The van der Waals surface area contributed by atoms with Crippen LogP contribution in [0.4, 0.5) is 0 Å². The first kappa shape index (κ1) is 15.9. The van der Waals surface area contributed by atoms with Crippen molar-refractivity contribution in [2.24, 2.45) is 5.92 Å². The van der Waals surface area contributed by atoms with E-state index in [0.29, 0.717) is 12.1 Å². The van der Waals surface area contributed by atoms with E-state index in [1.165, 1.54) is 12.8 Å². The van der Waals surface area contributed by atoms with Crippen LogP contribution in [-0.2, 0) is 4.74 Å². The van der Waals surface area contributed by atoms with Gasteiger partial charge in [0.1, 0.15) is 0 Å². The lowest BCUT2D eigenvalue weighted by Gasteiger charge is -2.49. The highest BCUT2D eigenvalue weighted by Gasteiger charge is 2.37. The van der Waals surface area contributed by atoms with Crippen LogP contribution in [0.15, 0.2) is 0 Å². The molecule has 1 saturated heterocycles. The van der Waals surface area contributed by atoms with Gasteiger partial charge in [-0.1, -0.05) is 27.2 Å². The predicted octanol–water partition coefficient (Wildman–Crippen LogP) is 2.51. The third-order valence-corrected chi connectivity index (χ3v) is 4.53. The Labute approximate surface area is 113 Å². The Morgan fingerprint density at radius 2 is 2.06 bits per heavy atom. The minimum Gasteiger partial charge on any atom is -0.383 e. The number of piperazine rings is 1. The van der Waals surface area contributed by atoms with Gasteiger partial charge in [-0.25, -0.2) is 0 Å². The Balaban J connectivity index is 2.76. The molecule has 1 N–H and O–H groups in total. The second-order valence-corrected chi connectivity index (χ2v) is 6.36. The number of nitrogens with zero attached hydrogens (tertiary/aromatic N) is 1. The van der Waals surface area contributed by atoms with Crippen LogP contribution in [0.25, 0.3) is 0 Å². The molecule has 1 aliphatic rings. The molecule has 1 heterocycles. The fraction of sp³-hybridized carbons (Fsp3) is 1.00. The highest BCUT2D eigenvalue weighted by Crippen LogP contribution is 2.25. The van der Waals surface area contributed by atoms with Crippen molar-refractivity contribution in [3.63, 3.8) is 0 Å². The maximum absolute atomic E-state index is 5.41. The monoisotopic (exact) mass is 256 g/mol. The molecule has 1 rings (SSSR count). The summed E-state index contributed by atoms with van der Waals surface area (Å²) >= 11 is 0. The molecule has 3 unspecified atom stereocenters. The number of nitrogens with one attached hydrogen (secondary N) is 1. The summed E-state index contributed by atoms with van der Waals surface area (Å²) in [6, 6.07) is 1.25. The van der Waals surface area contributed by atoms with Crippen LogP contribution in [0.5, 0.6) is 0 Å². The van der Waals surface area contributed by atoms with E-state index in [1.54, 1.807) is 7.11 Å². The van der Waals surface area contributed by atoms with Crippen molar-refractivity contribution < 1.29 is 4.74 Å². The van der Waals surface area contributed by atoms with Gasteiger partial charge in [0.25, 0.3) is 0 Å². The van der Waals surface area contributed by atoms with Crippen molar-refractivity contribution in [3.8, 4) is 0 Å². The minimum absolute atomic E-state index is 0.128. The highest BCUT2D eigenvalue weighted by atomic mass is 16.5. The first-order valence-corrected chi connectivity index (χ1v) is 7.45. The fourth-order valence-corrected chi connectivity index (χ4v) is 3.03. The molecule has 0 saturated carbocycles.